The Hall–Kier alpha value is 0.450. The van der Waals surface area contributed by atoms with Crippen molar-refractivity contribution in [2.24, 2.45) is 0 Å². The van der Waals surface area contributed by atoms with Gasteiger partial charge in [-0.3, -0.25) is 4.90 Å². The van der Waals surface area contributed by atoms with Gasteiger partial charge in [-0.25, -0.2) is 0 Å². The topological polar surface area (TPSA) is 15.3 Å². The third-order valence-electron chi connectivity index (χ3n) is 3.12. The number of thiophene rings is 1. The maximum atomic E-state index is 3.64. The first-order valence-corrected chi connectivity index (χ1v) is 8.30. The van der Waals surface area contributed by atoms with Crippen molar-refractivity contribution in [1.82, 2.24) is 10.2 Å². The zero-order chi connectivity index (χ0) is 11.5. The molecule has 1 aliphatic rings. The van der Waals surface area contributed by atoms with Crippen molar-refractivity contribution in [3.8, 4) is 0 Å². The lowest BCUT2D eigenvalue weighted by molar-refractivity contribution is 0.221. The second-order valence-corrected chi connectivity index (χ2v) is 6.81. The standard InChI is InChI=1S/C11H17BrN2S2/c1-13-11(8-5-16-6-9(8)12)10-7-15-4-3-14(10)2/h5-6,10-11,13H,3-4,7H2,1-2H3. The van der Waals surface area contributed by atoms with Gasteiger partial charge in [0.2, 0.25) is 0 Å². The second kappa shape index (κ2) is 5.87. The normalized spacial score (nSPS) is 24.6. The van der Waals surface area contributed by atoms with E-state index >= 15 is 0 Å². The van der Waals surface area contributed by atoms with Gasteiger partial charge >= 0.3 is 0 Å². The van der Waals surface area contributed by atoms with Gasteiger partial charge in [-0.1, -0.05) is 0 Å². The number of hydrogen-bond acceptors (Lipinski definition) is 4. The third kappa shape index (κ3) is 2.64. The molecule has 1 fully saturated rings. The van der Waals surface area contributed by atoms with Crippen molar-refractivity contribution in [3.05, 3.63) is 20.8 Å². The molecule has 2 unspecified atom stereocenters. The minimum atomic E-state index is 0.429. The van der Waals surface area contributed by atoms with E-state index in [1.54, 1.807) is 11.3 Å². The molecule has 0 bridgehead atoms. The largest absolute Gasteiger partial charge is 0.312 e. The van der Waals surface area contributed by atoms with Crippen molar-refractivity contribution in [2.75, 3.05) is 32.1 Å². The number of rotatable bonds is 3. The van der Waals surface area contributed by atoms with Crippen molar-refractivity contribution < 1.29 is 0 Å². The summed E-state index contributed by atoms with van der Waals surface area (Å²) in [6, 6.07) is 1.02. The molecule has 1 saturated heterocycles. The minimum absolute atomic E-state index is 0.429. The summed E-state index contributed by atoms with van der Waals surface area (Å²) < 4.78 is 1.24. The first-order valence-electron chi connectivity index (χ1n) is 5.41. The van der Waals surface area contributed by atoms with Crippen LogP contribution in [0.15, 0.2) is 15.2 Å². The molecule has 2 rings (SSSR count). The van der Waals surface area contributed by atoms with E-state index in [1.807, 2.05) is 0 Å². The highest BCUT2D eigenvalue weighted by molar-refractivity contribution is 9.10. The third-order valence-corrected chi connectivity index (χ3v) is 5.92. The summed E-state index contributed by atoms with van der Waals surface area (Å²) in [5.74, 6) is 2.47. The molecule has 2 nitrogen and oxygen atoms in total. The molecular weight excluding hydrogens is 304 g/mol. The first kappa shape index (κ1) is 12.9. The van der Waals surface area contributed by atoms with Crippen LogP contribution in [0.2, 0.25) is 0 Å². The van der Waals surface area contributed by atoms with Crippen molar-refractivity contribution in [2.45, 2.75) is 12.1 Å². The molecule has 5 heteroatoms. The van der Waals surface area contributed by atoms with E-state index in [0.29, 0.717) is 12.1 Å². The molecule has 0 amide bonds. The van der Waals surface area contributed by atoms with Crippen LogP contribution in [-0.4, -0.2) is 43.1 Å². The van der Waals surface area contributed by atoms with Crippen LogP contribution in [0.25, 0.3) is 0 Å². The van der Waals surface area contributed by atoms with Crippen LogP contribution in [0.1, 0.15) is 11.6 Å². The summed E-state index contributed by atoms with van der Waals surface area (Å²) >= 11 is 7.46. The highest BCUT2D eigenvalue weighted by Crippen LogP contribution is 2.33. The van der Waals surface area contributed by atoms with E-state index in [2.05, 4.69) is 62.8 Å². The predicted molar refractivity (Wildman–Crippen MR) is 77.6 cm³/mol. The average Bonchev–Trinajstić information content (AvgIpc) is 2.69. The Kier molecular flexibility index (Phi) is 4.73. The highest BCUT2D eigenvalue weighted by atomic mass is 79.9. The fourth-order valence-corrected chi connectivity index (χ4v) is 4.98. The van der Waals surface area contributed by atoms with E-state index < -0.39 is 0 Å². The van der Waals surface area contributed by atoms with Crippen molar-refractivity contribution in [1.29, 1.82) is 0 Å². The number of halogens is 1. The number of thioether (sulfide) groups is 1. The number of likely N-dealkylation sites (N-methyl/N-ethyl adjacent to an activating group) is 2. The van der Waals surface area contributed by atoms with Crippen LogP contribution in [-0.2, 0) is 0 Å². The Bertz CT molecular complexity index is 342. The Morgan fingerprint density at radius 1 is 1.56 bits per heavy atom. The van der Waals surface area contributed by atoms with Gasteiger partial charge in [0.05, 0.1) is 6.04 Å². The van der Waals surface area contributed by atoms with Gasteiger partial charge in [0, 0.05) is 33.9 Å². The van der Waals surface area contributed by atoms with Crippen LogP contribution in [0.3, 0.4) is 0 Å². The molecular formula is C11H17BrN2S2. The van der Waals surface area contributed by atoms with E-state index in [9.17, 15) is 0 Å². The summed E-state index contributed by atoms with van der Waals surface area (Å²) in [4.78, 5) is 2.47. The first-order chi connectivity index (χ1) is 7.74. The average molecular weight is 321 g/mol. The fourth-order valence-electron chi connectivity index (χ4n) is 2.12. The lowest BCUT2D eigenvalue weighted by Gasteiger charge is -2.37. The molecule has 16 heavy (non-hydrogen) atoms. The maximum absolute atomic E-state index is 3.64. The minimum Gasteiger partial charge on any atom is -0.312 e. The second-order valence-electron chi connectivity index (χ2n) is 4.06. The Morgan fingerprint density at radius 2 is 2.38 bits per heavy atom. The van der Waals surface area contributed by atoms with Gasteiger partial charge < -0.3 is 5.32 Å². The Balaban J connectivity index is 2.18. The SMILES string of the molecule is CNC(c1cscc1Br)C1CSCCN1C. The fraction of sp³-hybridized carbons (Fsp3) is 0.636. The number of nitrogens with zero attached hydrogens (tertiary/aromatic N) is 1. The van der Waals surface area contributed by atoms with Gasteiger partial charge in [-0.15, -0.1) is 0 Å². The molecule has 0 aromatic carbocycles. The monoisotopic (exact) mass is 320 g/mol. The molecule has 2 atom stereocenters. The zero-order valence-corrected chi connectivity index (χ0v) is 12.8. The number of nitrogens with one attached hydrogen (secondary N) is 1. The van der Waals surface area contributed by atoms with E-state index in [1.165, 1.54) is 28.1 Å². The lowest BCUT2D eigenvalue weighted by atomic mass is 10.0. The van der Waals surface area contributed by atoms with E-state index in [-0.39, 0.29) is 0 Å². The lowest BCUT2D eigenvalue weighted by Crippen LogP contribution is -2.47. The van der Waals surface area contributed by atoms with Crippen molar-refractivity contribution >= 4 is 39.0 Å². The number of hydrogen-bond donors (Lipinski definition) is 1. The van der Waals surface area contributed by atoms with Gasteiger partial charge in [0.25, 0.3) is 0 Å². The van der Waals surface area contributed by atoms with E-state index in [4.69, 9.17) is 0 Å². The maximum Gasteiger partial charge on any atom is 0.0503 e. The van der Waals surface area contributed by atoms with Crippen LogP contribution in [0, 0.1) is 0 Å². The van der Waals surface area contributed by atoms with Gasteiger partial charge in [0.1, 0.15) is 0 Å². The van der Waals surface area contributed by atoms with Gasteiger partial charge in [-0.05, 0) is 41.0 Å². The summed E-state index contributed by atoms with van der Waals surface area (Å²) in [5.41, 5.74) is 1.40. The van der Waals surface area contributed by atoms with Crippen LogP contribution < -0.4 is 5.32 Å². The molecule has 1 aromatic heterocycles. The molecule has 2 heterocycles. The molecule has 1 N–H and O–H groups in total. The smallest absolute Gasteiger partial charge is 0.0503 e. The summed E-state index contributed by atoms with van der Waals surface area (Å²) in [6.07, 6.45) is 0. The van der Waals surface area contributed by atoms with E-state index in [0.717, 1.165) is 0 Å². The molecule has 0 saturated carbocycles. The Morgan fingerprint density at radius 3 is 2.94 bits per heavy atom. The van der Waals surface area contributed by atoms with Crippen LogP contribution in [0.5, 0.6) is 0 Å². The van der Waals surface area contributed by atoms with Gasteiger partial charge in [0.15, 0.2) is 0 Å². The Labute approximate surface area is 114 Å². The van der Waals surface area contributed by atoms with Crippen molar-refractivity contribution in [3.63, 3.8) is 0 Å². The quantitative estimate of drug-likeness (QED) is 0.922. The highest BCUT2D eigenvalue weighted by Gasteiger charge is 2.29. The molecule has 0 aliphatic carbocycles. The zero-order valence-electron chi connectivity index (χ0n) is 9.57. The molecule has 0 radical (unpaired) electrons. The van der Waals surface area contributed by atoms with Crippen LogP contribution in [0.4, 0.5) is 0 Å². The summed E-state index contributed by atoms with van der Waals surface area (Å²) in [7, 11) is 4.29. The summed E-state index contributed by atoms with van der Waals surface area (Å²) in [6.45, 7) is 1.19. The molecule has 0 spiro atoms. The van der Waals surface area contributed by atoms with Gasteiger partial charge in [-0.2, -0.15) is 23.1 Å². The molecule has 1 aromatic rings. The summed E-state index contributed by atoms with van der Waals surface area (Å²) in [5, 5.41) is 7.88. The predicted octanol–water partition coefficient (Wildman–Crippen LogP) is 2.82. The van der Waals surface area contributed by atoms with Crippen LogP contribution >= 0.6 is 39.0 Å². The molecule has 90 valence electrons. The molecule has 1 aliphatic heterocycles.